The van der Waals surface area contributed by atoms with Crippen molar-refractivity contribution >= 4 is 27.8 Å². The number of ether oxygens (including phenoxy) is 1. The SMILES string of the molecule is Cc1cc(OC(F)(F)F)c(C)c(C)c1P(C)(c1ccccc1)(c1ccccc1)c1ccccc1. The van der Waals surface area contributed by atoms with Gasteiger partial charge < -0.3 is 0 Å². The molecule has 0 aliphatic carbocycles. The van der Waals surface area contributed by atoms with E-state index in [0.717, 1.165) is 32.3 Å². The predicted octanol–water partition coefficient (Wildman–Crippen LogP) is 6.30. The van der Waals surface area contributed by atoms with Gasteiger partial charge in [0.05, 0.1) is 0 Å². The van der Waals surface area contributed by atoms with Gasteiger partial charge in [0, 0.05) is 0 Å². The van der Waals surface area contributed by atoms with Gasteiger partial charge in [-0.25, -0.2) is 0 Å². The van der Waals surface area contributed by atoms with Crippen LogP contribution < -0.4 is 26.0 Å². The Kier molecular flexibility index (Phi) is 6.08. The van der Waals surface area contributed by atoms with Gasteiger partial charge in [0.2, 0.25) is 0 Å². The average molecular weight is 481 g/mol. The van der Waals surface area contributed by atoms with Crippen molar-refractivity contribution in [3.63, 3.8) is 0 Å². The van der Waals surface area contributed by atoms with E-state index >= 15 is 0 Å². The number of hydrogen-bond acceptors (Lipinski definition) is 1. The van der Waals surface area contributed by atoms with Gasteiger partial charge in [-0.15, -0.1) is 0 Å². The van der Waals surface area contributed by atoms with Crippen molar-refractivity contribution in [1.29, 1.82) is 0 Å². The normalized spacial score (nSPS) is 13.2. The van der Waals surface area contributed by atoms with Crippen molar-refractivity contribution in [3.8, 4) is 5.75 Å². The molecule has 0 atom stereocenters. The second-order valence-electron chi connectivity index (χ2n) is 8.91. The van der Waals surface area contributed by atoms with Gasteiger partial charge in [-0.05, 0) is 0 Å². The van der Waals surface area contributed by atoms with Crippen LogP contribution in [-0.4, -0.2) is 13.0 Å². The van der Waals surface area contributed by atoms with E-state index in [1.165, 1.54) is 0 Å². The van der Waals surface area contributed by atoms with Crippen molar-refractivity contribution < 1.29 is 17.9 Å². The zero-order valence-electron chi connectivity index (χ0n) is 19.7. The van der Waals surface area contributed by atoms with Gasteiger partial charge in [0.15, 0.2) is 0 Å². The van der Waals surface area contributed by atoms with Crippen LogP contribution in [0.25, 0.3) is 0 Å². The van der Waals surface area contributed by atoms with E-state index in [4.69, 9.17) is 0 Å². The predicted molar refractivity (Wildman–Crippen MR) is 138 cm³/mol. The minimum atomic E-state index is -4.75. The van der Waals surface area contributed by atoms with Gasteiger partial charge in [0.25, 0.3) is 0 Å². The van der Waals surface area contributed by atoms with Gasteiger partial charge in [-0.1, -0.05) is 0 Å². The molecule has 0 heterocycles. The van der Waals surface area contributed by atoms with Gasteiger partial charge in [-0.2, -0.15) is 0 Å². The molecule has 4 aromatic carbocycles. The van der Waals surface area contributed by atoms with Crippen molar-refractivity contribution in [2.24, 2.45) is 0 Å². The summed E-state index contributed by atoms with van der Waals surface area (Å²) in [6, 6.07) is 32.6. The molecular formula is C29H28F3OP. The van der Waals surface area contributed by atoms with E-state index < -0.39 is 13.0 Å². The first kappa shape index (κ1) is 24.0. The molecule has 0 amide bonds. The van der Waals surface area contributed by atoms with Crippen molar-refractivity contribution in [2.45, 2.75) is 27.1 Å². The van der Waals surface area contributed by atoms with Gasteiger partial charge in [0.1, 0.15) is 0 Å². The zero-order chi connectivity index (χ0) is 24.6. The van der Waals surface area contributed by atoms with Crippen LogP contribution in [0, 0.1) is 20.8 Å². The number of hydrogen-bond donors (Lipinski definition) is 0. The molecule has 0 spiro atoms. The summed E-state index contributed by atoms with van der Waals surface area (Å²) in [5, 5.41) is 4.53. The van der Waals surface area contributed by atoms with Crippen LogP contribution in [0.5, 0.6) is 5.75 Å². The summed E-state index contributed by atoms with van der Waals surface area (Å²) in [5.41, 5.74) is 2.09. The summed E-state index contributed by atoms with van der Waals surface area (Å²) in [4.78, 5) is 0. The molecule has 4 rings (SSSR count). The van der Waals surface area contributed by atoms with E-state index in [2.05, 4.69) is 47.8 Å². The fraction of sp³-hybridized carbons (Fsp3) is 0.172. The van der Waals surface area contributed by atoms with E-state index in [-0.39, 0.29) is 5.75 Å². The fourth-order valence-electron chi connectivity index (χ4n) is 5.36. The third-order valence-electron chi connectivity index (χ3n) is 7.00. The summed E-state index contributed by atoms with van der Waals surface area (Å²) in [7, 11) is 0. The molecule has 0 unspecified atom stereocenters. The Morgan fingerprint density at radius 1 is 0.618 bits per heavy atom. The monoisotopic (exact) mass is 480 g/mol. The number of halogens is 3. The van der Waals surface area contributed by atoms with Crippen molar-refractivity contribution in [2.75, 3.05) is 6.66 Å². The topological polar surface area (TPSA) is 9.23 Å². The molecule has 4 aromatic rings. The Balaban J connectivity index is 2.23. The van der Waals surface area contributed by atoms with Gasteiger partial charge in [-0.3, -0.25) is 0 Å². The Bertz CT molecular complexity index is 1200. The molecule has 0 fully saturated rings. The molecule has 0 saturated heterocycles. The second-order valence-corrected chi connectivity index (χ2v) is 14.0. The van der Waals surface area contributed by atoms with Crippen molar-refractivity contribution in [3.05, 3.63) is 114 Å². The quantitative estimate of drug-likeness (QED) is 0.305. The maximum absolute atomic E-state index is 13.2. The van der Waals surface area contributed by atoms with Crippen LogP contribution in [0.2, 0.25) is 0 Å². The van der Waals surface area contributed by atoms with E-state index in [1.54, 1.807) is 13.0 Å². The molecule has 0 bridgehead atoms. The standard InChI is InChI=1S/C29H28F3OP/c1-21-20-27(33-29(30,31)32)22(2)23(3)28(21)34(4,24-14-8-5-9-15-24,25-16-10-6-11-17-25)26-18-12-7-13-19-26/h5-20H,1-4H3. The Hall–Kier alpha value is -3.10. The molecule has 34 heavy (non-hydrogen) atoms. The number of rotatable bonds is 5. The maximum atomic E-state index is 13.2. The van der Waals surface area contributed by atoms with Crippen LogP contribution in [0.1, 0.15) is 16.7 Å². The molecule has 0 saturated carbocycles. The number of benzene rings is 4. The Morgan fingerprint density at radius 2 is 1.00 bits per heavy atom. The third kappa shape index (κ3) is 3.71. The molecule has 0 aromatic heterocycles. The Labute approximate surface area is 199 Å². The summed E-state index contributed by atoms with van der Waals surface area (Å²) >= 11 is 0. The van der Waals surface area contributed by atoms with Crippen LogP contribution in [0.4, 0.5) is 13.2 Å². The minimum absolute atomic E-state index is 0.148. The third-order valence-corrected chi connectivity index (χ3v) is 13.6. The molecule has 176 valence electrons. The number of alkyl halides is 3. The van der Waals surface area contributed by atoms with Crippen molar-refractivity contribution in [1.82, 2.24) is 0 Å². The number of aryl methyl sites for hydroxylation is 1. The van der Waals surface area contributed by atoms with E-state index in [9.17, 15) is 13.2 Å². The van der Waals surface area contributed by atoms with Crippen LogP contribution in [-0.2, 0) is 0 Å². The second kappa shape index (κ2) is 8.60. The summed E-state index contributed by atoms with van der Waals surface area (Å²) < 4.78 is 44.0. The molecule has 0 radical (unpaired) electrons. The van der Waals surface area contributed by atoms with Crippen LogP contribution >= 0.6 is 6.60 Å². The van der Waals surface area contributed by atoms with Crippen LogP contribution in [0.15, 0.2) is 97.1 Å². The zero-order valence-corrected chi connectivity index (χ0v) is 20.6. The summed E-state index contributed by atoms with van der Waals surface area (Å²) in [5.74, 6) is -0.148. The van der Waals surface area contributed by atoms with Crippen LogP contribution in [0.3, 0.4) is 0 Å². The van der Waals surface area contributed by atoms with E-state index in [1.807, 2.05) is 68.4 Å². The Morgan fingerprint density at radius 3 is 1.35 bits per heavy atom. The first-order chi connectivity index (χ1) is 16.1. The molecule has 1 nitrogen and oxygen atoms in total. The molecule has 5 heteroatoms. The van der Waals surface area contributed by atoms with Gasteiger partial charge >= 0.3 is 199 Å². The molecule has 0 aliphatic rings. The first-order valence-corrected chi connectivity index (χ1v) is 13.8. The molecular weight excluding hydrogens is 452 g/mol. The van der Waals surface area contributed by atoms with E-state index in [0.29, 0.717) is 5.56 Å². The molecule has 0 aliphatic heterocycles. The summed E-state index contributed by atoms with van der Waals surface area (Å²) in [6.07, 6.45) is -4.75. The molecule has 0 N–H and O–H groups in total. The first-order valence-electron chi connectivity index (χ1n) is 11.1. The average Bonchev–Trinajstić information content (AvgIpc) is 2.83. The fourth-order valence-corrected chi connectivity index (χ4v) is 11.7. The summed E-state index contributed by atoms with van der Waals surface area (Å²) in [6.45, 7) is 4.46.